The van der Waals surface area contributed by atoms with Gasteiger partial charge in [0.05, 0.1) is 18.9 Å². The van der Waals surface area contributed by atoms with Crippen LogP contribution in [0.4, 0.5) is 0 Å². The predicted molar refractivity (Wildman–Crippen MR) is 81.2 cm³/mol. The molecular weight excluding hydrogens is 266 g/mol. The second-order valence-electron chi connectivity index (χ2n) is 4.72. The number of fused-ring (bicyclic) bond motifs is 1. The molecule has 0 N–H and O–H groups in total. The van der Waals surface area contributed by atoms with Crippen molar-refractivity contribution in [1.29, 1.82) is 0 Å². The van der Waals surface area contributed by atoms with E-state index in [4.69, 9.17) is 9.15 Å². The number of rotatable bonds is 4. The standard InChI is InChI=1S/C17H15NO3/c1-3-12-4-6-13(7-5-12)11-18-14-8-9-21-16(14)10-15(18)17(19)20-2/h3-10H,1,11H2,2H3. The first-order valence-electron chi connectivity index (χ1n) is 6.59. The number of ether oxygens (including phenoxy) is 1. The molecule has 21 heavy (non-hydrogen) atoms. The largest absolute Gasteiger partial charge is 0.464 e. The Balaban J connectivity index is 2.02. The van der Waals surface area contributed by atoms with E-state index in [9.17, 15) is 4.79 Å². The Labute approximate surface area is 122 Å². The van der Waals surface area contributed by atoms with E-state index in [1.165, 1.54) is 7.11 Å². The number of aromatic nitrogens is 1. The smallest absolute Gasteiger partial charge is 0.354 e. The van der Waals surface area contributed by atoms with Gasteiger partial charge < -0.3 is 13.7 Å². The number of hydrogen-bond acceptors (Lipinski definition) is 3. The highest BCUT2D eigenvalue weighted by Crippen LogP contribution is 2.23. The minimum Gasteiger partial charge on any atom is -0.464 e. The van der Waals surface area contributed by atoms with Gasteiger partial charge in [-0.3, -0.25) is 0 Å². The van der Waals surface area contributed by atoms with Crippen molar-refractivity contribution in [3.63, 3.8) is 0 Å². The van der Waals surface area contributed by atoms with E-state index in [0.717, 1.165) is 16.6 Å². The molecule has 2 heterocycles. The molecule has 3 aromatic rings. The van der Waals surface area contributed by atoms with Crippen LogP contribution in [0.2, 0.25) is 0 Å². The number of carbonyl (C=O) groups is 1. The van der Waals surface area contributed by atoms with E-state index in [0.29, 0.717) is 17.8 Å². The molecular formula is C17H15NO3. The third-order valence-corrected chi connectivity index (χ3v) is 3.47. The van der Waals surface area contributed by atoms with Gasteiger partial charge in [0.1, 0.15) is 5.69 Å². The first-order valence-corrected chi connectivity index (χ1v) is 6.59. The van der Waals surface area contributed by atoms with Crippen molar-refractivity contribution in [2.75, 3.05) is 7.11 Å². The summed E-state index contributed by atoms with van der Waals surface area (Å²) in [5, 5.41) is 0. The van der Waals surface area contributed by atoms with Crippen LogP contribution in [-0.4, -0.2) is 17.6 Å². The summed E-state index contributed by atoms with van der Waals surface area (Å²) < 4.78 is 12.1. The van der Waals surface area contributed by atoms with E-state index < -0.39 is 0 Å². The second-order valence-corrected chi connectivity index (χ2v) is 4.72. The number of methoxy groups -OCH3 is 1. The highest BCUT2D eigenvalue weighted by molar-refractivity contribution is 5.94. The number of furan rings is 1. The van der Waals surface area contributed by atoms with Crippen LogP contribution in [0, 0.1) is 0 Å². The lowest BCUT2D eigenvalue weighted by Crippen LogP contribution is -2.11. The topological polar surface area (TPSA) is 44.4 Å². The maximum atomic E-state index is 11.9. The van der Waals surface area contributed by atoms with Crippen LogP contribution in [0.1, 0.15) is 21.6 Å². The Hall–Kier alpha value is -2.75. The first-order chi connectivity index (χ1) is 10.2. The second kappa shape index (κ2) is 5.32. The van der Waals surface area contributed by atoms with Crippen molar-refractivity contribution < 1.29 is 13.9 Å². The van der Waals surface area contributed by atoms with Crippen molar-refractivity contribution in [3.8, 4) is 0 Å². The average molecular weight is 281 g/mol. The van der Waals surface area contributed by atoms with Crippen LogP contribution in [0.3, 0.4) is 0 Å². The molecule has 0 aliphatic rings. The van der Waals surface area contributed by atoms with Gasteiger partial charge in [0.15, 0.2) is 5.58 Å². The third-order valence-electron chi connectivity index (χ3n) is 3.47. The molecule has 0 aliphatic heterocycles. The van der Waals surface area contributed by atoms with Gasteiger partial charge in [0.2, 0.25) is 0 Å². The van der Waals surface area contributed by atoms with Crippen molar-refractivity contribution in [2.45, 2.75) is 6.54 Å². The summed E-state index contributed by atoms with van der Waals surface area (Å²) in [6.45, 7) is 4.31. The van der Waals surface area contributed by atoms with E-state index in [1.54, 1.807) is 18.4 Å². The highest BCUT2D eigenvalue weighted by Gasteiger charge is 2.17. The minimum absolute atomic E-state index is 0.371. The number of benzene rings is 1. The average Bonchev–Trinajstić information content (AvgIpc) is 3.10. The molecule has 4 nitrogen and oxygen atoms in total. The fourth-order valence-electron chi connectivity index (χ4n) is 2.36. The minimum atomic E-state index is -0.371. The molecule has 0 saturated heterocycles. The van der Waals surface area contributed by atoms with Crippen molar-refractivity contribution in [1.82, 2.24) is 4.57 Å². The Morgan fingerprint density at radius 2 is 2.10 bits per heavy atom. The Morgan fingerprint density at radius 3 is 2.76 bits per heavy atom. The lowest BCUT2D eigenvalue weighted by molar-refractivity contribution is 0.0589. The van der Waals surface area contributed by atoms with Gasteiger partial charge in [-0.2, -0.15) is 0 Å². The number of esters is 1. The summed E-state index contributed by atoms with van der Waals surface area (Å²) in [6.07, 6.45) is 3.41. The molecule has 0 amide bonds. The van der Waals surface area contributed by atoms with E-state index in [1.807, 2.05) is 34.9 Å². The third kappa shape index (κ3) is 2.36. The summed E-state index contributed by atoms with van der Waals surface area (Å²) in [4.78, 5) is 11.9. The molecule has 0 bridgehead atoms. The van der Waals surface area contributed by atoms with Crippen LogP contribution in [0.15, 0.2) is 53.7 Å². The summed E-state index contributed by atoms with van der Waals surface area (Å²) in [6, 6.07) is 11.6. The maximum Gasteiger partial charge on any atom is 0.354 e. The SMILES string of the molecule is C=Cc1ccc(Cn2c(C(=O)OC)cc3occc32)cc1. The summed E-state index contributed by atoms with van der Waals surface area (Å²) in [5.41, 5.74) is 4.19. The summed E-state index contributed by atoms with van der Waals surface area (Å²) in [5.74, 6) is -0.371. The molecule has 2 aromatic heterocycles. The van der Waals surface area contributed by atoms with Crippen molar-refractivity contribution in [3.05, 3.63) is 66.1 Å². The molecule has 0 saturated carbocycles. The monoisotopic (exact) mass is 281 g/mol. The van der Waals surface area contributed by atoms with Gasteiger partial charge in [-0.05, 0) is 11.1 Å². The van der Waals surface area contributed by atoms with E-state index >= 15 is 0 Å². The lowest BCUT2D eigenvalue weighted by Gasteiger charge is -2.09. The van der Waals surface area contributed by atoms with Gasteiger partial charge >= 0.3 is 5.97 Å². The predicted octanol–water partition coefficient (Wildman–Crippen LogP) is 3.71. The molecule has 0 unspecified atom stereocenters. The quantitative estimate of drug-likeness (QED) is 0.685. The number of nitrogens with zero attached hydrogens (tertiary/aromatic N) is 1. The molecule has 106 valence electrons. The van der Waals surface area contributed by atoms with Gasteiger partial charge in [-0.25, -0.2) is 4.79 Å². The van der Waals surface area contributed by atoms with Gasteiger partial charge in [-0.15, -0.1) is 0 Å². The first kappa shape index (κ1) is 13.2. The molecule has 0 radical (unpaired) electrons. The van der Waals surface area contributed by atoms with Gasteiger partial charge in [0.25, 0.3) is 0 Å². The Morgan fingerprint density at radius 1 is 1.33 bits per heavy atom. The maximum absolute atomic E-state index is 11.9. The van der Waals surface area contributed by atoms with Crippen LogP contribution in [0.25, 0.3) is 17.2 Å². The van der Waals surface area contributed by atoms with Gasteiger partial charge in [0, 0.05) is 18.7 Å². The normalized spacial score (nSPS) is 10.7. The summed E-state index contributed by atoms with van der Waals surface area (Å²) >= 11 is 0. The van der Waals surface area contributed by atoms with Crippen molar-refractivity contribution >= 4 is 23.1 Å². The van der Waals surface area contributed by atoms with E-state index in [2.05, 4.69) is 6.58 Å². The number of hydrogen-bond donors (Lipinski definition) is 0. The molecule has 0 aliphatic carbocycles. The zero-order valence-corrected chi connectivity index (χ0v) is 11.7. The molecule has 3 rings (SSSR count). The van der Waals surface area contributed by atoms with Crippen LogP contribution in [0.5, 0.6) is 0 Å². The van der Waals surface area contributed by atoms with Crippen LogP contribution in [-0.2, 0) is 11.3 Å². The fraction of sp³-hybridized carbons (Fsp3) is 0.118. The molecule has 4 heteroatoms. The number of carbonyl (C=O) groups excluding carboxylic acids is 1. The molecule has 0 fully saturated rings. The zero-order chi connectivity index (χ0) is 14.8. The Kier molecular flexibility index (Phi) is 3.36. The fourth-order valence-corrected chi connectivity index (χ4v) is 2.36. The molecule has 0 atom stereocenters. The molecule has 1 aromatic carbocycles. The van der Waals surface area contributed by atoms with Crippen LogP contribution >= 0.6 is 0 Å². The zero-order valence-electron chi connectivity index (χ0n) is 11.7. The lowest BCUT2D eigenvalue weighted by atomic mass is 10.1. The highest BCUT2D eigenvalue weighted by atomic mass is 16.5. The van der Waals surface area contributed by atoms with Crippen molar-refractivity contribution in [2.24, 2.45) is 0 Å². The van der Waals surface area contributed by atoms with E-state index in [-0.39, 0.29) is 5.97 Å². The van der Waals surface area contributed by atoms with Crippen LogP contribution < -0.4 is 0 Å². The Bertz CT molecular complexity index is 793. The van der Waals surface area contributed by atoms with Gasteiger partial charge in [-0.1, -0.05) is 36.9 Å². The summed E-state index contributed by atoms with van der Waals surface area (Å²) in [7, 11) is 1.38. The molecule has 0 spiro atoms.